The van der Waals surface area contributed by atoms with Crippen LogP contribution < -0.4 is 10.6 Å². The molecular weight excluding hydrogens is 228 g/mol. The molecule has 1 saturated heterocycles. The van der Waals surface area contributed by atoms with Crippen molar-refractivity contribution in [3.05, 3.63) is 17.5 Å². The van der Waals surface area contributed by atoms with Crippen molar-refractivity contribution in [2.24, 2.45) is 12.5 Å². The Morgan fingerprint density at radius 2 is 2.44 bits per heavy atom. The molecule has 0 aromatic carbocycles. The molecule has 1 aliphatic rings. The minimum Gasteiger partial charge on any atom is -0.351 e. The van der Waals surface area contributed by atoms with Crippen molar-refractivity contribution in [3.63, 3.8) is 0 Å². The van der Waals surface area contributed by atoms with Gasteiger partial charge in [0.15, 0.2) is 0 Å². The first-order chi connectivity index (χ1) is 8.57. The molecule has 0 bridgehead atoms. The van der Waals surface area contributed by atoms with Crippen LogP contribution in [-0.2, 0) is 18.4 Å². The van der Waals surface area contributed by atoms with Gasteiger partial charge in [-0.2, -0.15) is 5.10 Å². The molecule has 2 heterocycles. The van der Waals surface area contributed by atoms with Crippen molar-refractivity contribution >= 4 is 5.91 Å². The van der Waals surface area contributed by atoms with Crippen molar-refractivity contribution in [3.8, 4) is 0 Å². The average Bonchev–Trinajstić information content (AvgIpc) is 2.94. The van der Waals surface area contributed by atoms with E-state index in [2.05, 4.69) is 22.7 Å². The molecular formula is C13H22N4O. The highest BCUT2D eigenvalue weighted by molar-refractivity contribution is 5.83. The van der Waals surface area contributed by atoms with Gasteiger partial charge in [0, 0.05) is 31.9 Å². The fourth-order valence-corrected chi connectivity index (χ4v) is 2.59. The first kappa shape index (κ1) is 13.1. The Bertz CT molecular complexity index is 432. The monoisotopic (exact) mass is 250 g/mol. The Morgan fingerprint density at radius 1 is 1.67 bits per heavy atom. The normalized spacial score (nSPS) is 23.3. The number of aromatic nitrogens is 2. The van der Waals surface area contributed by atoms with Gasteiger partial charge in [-0.25, -0.2) is 0 Å². The zero-order valence-electron chi connectivity index (χ0n) is 11.4. The van der Waals surface area contributed by atoms with Gasteiger partial charge in [-0.05, 0) is 26.3 Å². The van der Waals surface area contributed by atoms with E-state index in [1.165, 1.54) is 0 Å². The second kappa shape index (κ2) is 5.10. The number of hydrogen-bond donors (Lipinski definition) is 2. The maximum Gasteiger partial charge on any atom is 0.227 e. The summed E-state index contributed by atoms with van der Waals surface area (Å²) in [4.78, 5) is 12.3. The molecule has 0 spiro atoms. The number of nitrogens with one attached hydrogen (secondary N) is 2. The third-order valence-corrected chi connectivity index (χ3v) is 3.96. The van der Waals surface area contributed by atoms with Gasteiger partial charge in [-0.1, -0.05) is 6.92 Å². The average molecular weight is 250 g/mol. The van der Waals surface area contributed by atoms with Crippen molar-refractivity contribution in [1.29, 1.82) is 0 Å². The molecule has 1 unspecified atom stereocenters. The SMILES string of the molecule is CCC1(C(=O)NCc2cn(C)nc2C)CCNC1. The third-order valence-electron chi connectivity index (χ3n) is 3.96. The molecule has 1 aromatic rings. The molecule has 1 fully saturated rings. The summed E-state index contributed by atoms with van der Waals surface area (Å²) >= 11 is 0. The van der Waals surface area contributed by atoms with Crippen LogP contribution in [0.3, 0.4) is 0 Å². The predicted molar refractivity (Wildman–Crippen MR) is 70.0 cm³/mol. The molecule has 2 rings (SSSR count). The summed E-state index contributed by atoms with van der Waals surface area (Å²) in [5.41, 5.74) is 1.85. The summed E-state index contributed by atoms with van der Waals surface area (Å²) in [6, 6.07) is 0. The Morgan fingerprint density at radius 3 is 2.94 bits per heavy atom. The van der Waals surface area contributed by atoms with Crippen molar-refractivity contribution in [1.82, 2.24) is 20.4 Å². The van der Waals surface area contributed by atoms with E-state index in [9.17, 15) is 4.79 Å². The van der Waals surface area contributed by atoms with Crippen LogP contribution in [0.1, 0.15) is 31.0 Å². The fourth-order valence-electron chi connectivity index (χ4n) is 2.59. The van der Waals surface area contributed by atoms with E-state index in [4.69, 9.17) is 0 Å². The molecule has 2 N–H and O–H groups in total. The largest absolute Gasteiger partial charge is 0.351 e. The van der Waals surface area contributed by atoms with Gasteiger partial charge >= 0.3 is 0 Å². The Labute approximate surface area is 108 Å². The highest BCUT2D eigenvalue weighted by Crippen LogP contribution is 2.29. The van der Waals surface area contributed by atoms with E-state index in [-0.39, 0.29) is 11.3 Å². The van der Waals surface area contributed by atoms with Crippen molar-refractivity contribution in [2.45, 2.75) is 33.2 Å². The number of aryl methyl sites for hydroxylation is 2. The standard InChI is InChI=1S/C13H22N4O/c1-4-13(5-6-14-9-13)12(18)15-7-11-8-17(3)16-10(11)2/h8,14H,4-7,9H2,1-3H3,(H,15,18). The van der Waals surface area contributed by atoms with Gasteiger partial charge in [0.25, 0.3) is 0 Å². The third kappa shape index (κ3) is 2.41. The number of hydrogen-bond acceptors (Lipinski definition) is 3. The molecule has 1 atom stereocenters. The Balaban J connectivity index is 1.97. The van der Waals surface area contributed by atoms with Crippen molar-refractivity contribution < 1.29 is 4.79 Å². The molecule has 5 heteroatoms. The molecule has 0 radical (unpaired) electrons. The molecule has 1 amide bonds. The molecule has 5 nitrogen and oxygen atoms in total. The maximum atomic E-state index is 12.3. The Kier molecular flexibility index (Phi) is 3.71. The van der Waals surface area contributed by atoms with E-state index in [0.29, 0.717) is 6.54 Å². The molecule has 0 saturated carbocycles. The lowest BCUT2D eigenvalue weighted by molar-refractivity contribution is -0.130. The molecule has 0 aliphatic carbocycles. The lowest BCUT2D eigenvalue weighted by Crippen LogP contribution is -2.41. The van der Waals surface area contributed by atoms with Gasteiger partial charge < -0.3 is 10.6 Å². The van der Waals surface area contributed by atoms with Crippen molar-refractivity contribution in [2.75, 3.05) is 13.1 Å². The maximum absolute atomic E-state index is 12.3. The number of nitrogens with zero attached hydrogens (tertiary/aromatic N) is 2. The van der Waals surface area contributed by atoms with Crippen LogP contribution in [0.4, 0.5) is 0 Å². The van der Waals surface area contributed by atoms with Gasteiger partial charge in [0.2, 0.25) is 5.91 Å². The lowest BCUT2D eigenvalue weighted by atomic mass is 9.83. The van der Waals surface area contributed by atoms with Gasteiger partial charge in [0.1, 0.15) is 0 Å². The number of carbonyl (C=O) groups is 1. The van der Waals surface area contributed by atoms with Crippen LogP contribution in [0.25, 0.3) is 0 Å². The first-order valence-electron chi connectivity index (χ1n) is 6.55. The second-order valence-corrected chi connectivity index (χ2v) is 5.16. The summed E-state index contributed by atoms with van der Waals surface area (Å²) in [5.74, 6) is 0.165. The predicted octanol–water partition coefficient (Wildman–Crippen LogP) is 0.734. The zero-order chi connectivity index (χ0) is 13.2. The fraction of sp³-hybridized carbons (Fsp3) is 0.692. The van der Waals surface area contributed by atoms with Crippen LogP contribution in [0, 0.1) is 12.3 Å². The molecule has 1 aromatic heterocycles. The molecule has 100 valence electrons. The van der Waals surface area contributed by atoms with Gasteiger partial charge in [-0.15, -0.1) is 0 Å². The molecule has 1 aliphatic heterocycles. The van der Waals surface area contributed by atoms with E-state index in [1.807, 2.05) is 20.2 Å². The zero-order valence-corrected chi connectivity index (χ0v) is 11.4. The number of amides is 1. The van der Waals surface area contributed by atoms with E-state index >= 15 is 0 Å². The van der Waals surface area contributed by atoms with Crippen LogP contribution in [-0.4, -0.2) is 28.8 Å². The van der Waals surface area contributed by atoms with Crippen LogP contribution in [0.15, 0.2) is 6.20 Å². The van der Waals surface area contributed by atoms with Gasteiger partial charge in [-0.3, -0.25) is 9.48 Å². The summed E-state index contributed by atoms with van der Waals surface area (Å²) in [5, 5.41) is 10.6. The van der Waals surface area contributed by atoms with Crippen LogP contribution in [0.2, 0.25) is 0 Å². The minimum absolute atomic E-state index is 0.165. The van der Waals surface area contributed by atoms with E-state index < -0.39 is 0 Å². The summed E-state index contributed by atoms with van der Waals surface area (Å²) in [7, 11) is 1.90. The van der Waals surface area contributed by atoms with E-state index in [0.717, 1.165) is 37.2 Å². The Hall–Kier alpha value is -1.36. The number of rotatable bonds is 4. The summed E-state index contributed by atoms with van der Waals surface area (Å²) in [6.45, 7) is 6.35. The van der Waals surface area contributed by atoms with Crippen LogP contribution >= 0.6 is 0 Å². The lowest BCUT2D eigenvalue weighted by Gasteiger charge is -2.25. The van der Waals surface area contributed by atoms with Gasteiger partial charge in [0.05, 0.1) is 11.1 Å². The smallest absolute Gasteiger partial charge is 0.227 e. The highest BCUT2D eigenvalue weighted by Gasteiger charge is 2.39. The minimum atomic E-state index is -0.212. The van der Waals surface area contributed by atoms with Crippen LogP contribution in [0.5, 0.6) is 0 Å². The van der Waals surface area contributed by atoms with E-state index in [1.54, 1.807) is 4.68 Å². The summed E-state index contributed by atoms with van der Waals surface area (Å²) in [6.07, 6.45) is 3.78. The molecule has 18 heavy (non-hydrogen) atoms. The second-order valence-electron chi connectivity index (χ2n) is 5.16. The highest BCUT2D eigenvalue weighted by atomic mass is 16.2. The topological polar surface area (TPSA) is 59.0 Å². The summed E-state index contributed by atoms with van der Waals surface area (Å²) < 4.78 is 1.78. The first-order valence-corrected chi connectivity index (χ1v) is 6.55. The quantitative estimate of drug-likeness (QED) is 0.828. The number of carbonyl (C=O) groups excluding carboxylic acids is 1.